The highest BCUT2D eigenvalue weighted by Crippen LogP contribution is 2.12. The fourth-order valence-corrected chi connectivity index (χ4v) is 2.51. The molecule has 1 N–H and O–H groups in total. The summed E-state index contributed by atoms with van der Waals surface area (Å²) >= 11 is 0. The second-order valence-electron chi connectivity index (χ2n) is 4.85. The maximum atomic E-state index is 11.7. The number of carbonyl (C=O) groups is 1. The third-order valence-corrected chi connectivity index (χ3v) is 3.52. The topological polar surface area (TPSA) is 38.8 Å². The Hall–Kier alpha value is -0.810. The van der Waals surface area contributed by atoms with Crippen LogP contribution in [0.4, 0.5) is 4.79 Å². The number of hydrogen-bond acceptors (Lipinski definition) is 3. The molecule has 0 unspecified atom stereocenters. The molecule has 0 saturated carbocycles. The maximum absolute atomic E-state index is 11.7. The number of nitrogens with one attached hydrogen (secondary N) is 1. The Bertz CT molecular complexity index is 242. The van der Waals surface area contributed by atoms with Gasteiger partial charge in [-0.3, -0.25) is 4.90 Å². The molecular weight excluding hydrogens is 204 g/mol. The number of piperazine rings is 1. The van der Waals surface area contributed by atoms with Crippen molar-refractivity contribution in [3.63, 3.8) is 0 Å². The first-order valence-corrected chi connectivity index (χ1v) is 6.09. The smallest absolute Gasteiger partial charge is 0.319 e. The lowest BCUT2D eigenvalue weighted by Gasteiger charge is -2.38. The third-order valence-electron chi connectivity index (χ3n) is 3.52. The summed E-state index contributed by atoms with van der Waals surface area (Å²) in [7, 11) is 3.63. The quantitative estimate of drug-likeness (QED) is 0.664. The zero-order chi connectivity index (χ0) is 11.5. The summed E-state index contributed by atoms with van der Waals surface area (Å²) in [6.45, 7) is 6.03. The fourth-order valence-electron chi connectivity index (χ4n) is 2.51. The molecule has 2 aliphatic rings. The van der Waals surface area contributed by atoms with Crippen LogP contribution in [0, 0.1) is 0 Å². The van der Waals surface area contributed by atoms with Crippen molar-refractivity contribution < 1.29 is 4.79 Å². The van der Waals surface area contributed by atoms with Gasteiger partial charge in [-0.1, -0.05) is 0 Å². The van der Waals surface area contributed by atoms with E-state index in [1.807, 2.05) is 19.0 Å². The van der Waals surface area contributed by atoms with E-state index in [0.717, 1.165) is 39.3 Å². The molecule has 0 bridgehead atoms. The SMILES string of the molecule is CN(C)C(=O)N1CCN([C@@H]2CCNC2)CC1. The minimum Gasteiger partial charge on any atom is -0.331 e. The standard InChI is InChI=1S/C11H22N4O/c1-13(2)11(16)15-7-5-14(6-8-15)10-3-4-12-9-10/h10,12H,3-9H2,1-2H3/t10-/m1/s1. The molecular formula is C11H22N4O. The molecule has 2 fully saturated rings. The molecule has 0 aliphatic carbocycles. The van der Waals surface area contributed by atoms with E-state index in [9.17, 15) is 4.79 Å². The van der Waals surface area contributed by atoms with E-state index in [0.29, 0.717) is 6.04 Å². The molecule has 5 heteroatoms. The van der Waals surface area contributed by atoms with Gasteiger partial charge in [0.2, 0.25) is 0 Å². The molecule has 0 aromatic carbocycles. The van der Waals surface area contributed by atoms with Crippen molar-refractivity contribution in [3.8, 4) is 0 Å². The summed E-state index contributed by atoms with van der Waals surface area (Å²) in [5.74, 6) is 0. The van der Waals surface area contributed by atoms with Gasteiger partial charge in [-0.2, -0.15) is 0 Å². The third kappa shape index (κ3) is 2.47. The number of amides is 2. The zero-order valence-corrected chi connectivity index (χ0v) is 10.3. The van der Waals surface area contributed by atoms with Crippen LogP contribution >= 0.6 is 0 Å². The second kappa shape index (κ2) is 5.01. The molecule has 16 heavy (non-hydrogen) atoms. The first-order valence-electron chi connectivity index (χ1n) is 6.09. The lowest BCUT2D eigenvalue weighted by Crippen LogP contribution is -2.54. The number of carbonyl (C=O) groups excluding carboxylic acids is 1. The highest BCUT2D eigenvalue weighted by atomic mass is 16.2. The Kier molecular flexibility index (Phi) is 3.66. The molecule has 0 radical (unpaired) electrons. The van der Waals surface area contributed by atoms with Crippen molar-refractivity contribution in [2.45, 2.75) is 12.5 Å². The molecule has 0 spiro atoms. The molecule has 1 atom stereocenters. The average Bonchev–Trinajstić information content (AvgIpc) is 2.81. The van der Waals surface area contributed by atoms with Crippen LogP contribution in [0.3, 0.4) is 0 Å². The zero-order valence-electron chi connectivity index (χ0n) is 10.3. The van der Waals surface area contributed by atoms with E-state index in [1.54, 1.807) is 4.90 Å². The Morgan fingerprint density at radius 2 is 1.94 bits per heavy atom. The Labute approximate surface area is 97.4 Å². The monoisotopic (exact) mass is 226 g/mol. The van der Waals surface area contributed by atoms with Gasteiger partial charge >= 0.3 is 6.03 Å². The van der Waals surface area contributed by atoms with E-state index >= 15 is 0 Å². The van der Waals surface area contributed by atoms with Crippen molar-refractivity contribution >= 4 is 6.03 Å². The van der Waals surface area contributed by atoms with Crippen LogP contribution in [-0.2, 0) is 0 Å². The van der Waals surface area contributed by atoms with Crippen molar-refractivity contribution in [3.05, 3.63) is 0 Å². The largest absolute Gasteiger partial charge is 0.331 e. The van der Waals surface area contributed by atoms with Crippen LogP contribution in [0.15, 0.2) is 0 Å². The van der Waals surface area contributed by atoms with E-state index in [4.69, 9.17) is 0 Å². The van der Waals surface area contributed by atoms with Crippen LogP contribution < -0.4 is 5.32 Å². The van der Waals surface area contributed by atoms with Gasteiger partial charge in [-0.15, -0.1) is 0 Å². The maximum Gasteiger partial charge on any atom is 0.319 e. The van der Waals surface area contributed by atoms with Gasteiger partial charge in [0.25, 0.3) is 0 Å². The number of nitrogens with zero attached hydrogens (tertiary/aromatic N) is 3. The Morgan fingerprint density at radius 1 is 1.25 bits per heavy atom. The van der Waals surface area contributed by atoms with E-state index in [-0.39, 0.29) is 6.03 Å². The van der Waals surface area contributed by atoms with Crippen molar-refractivity contribution in [1.82, 2.24) is 20.0 Å². The summed E-state index contributed by atoms with van der Waals surface area (Å²) in [6.07, 6.45) is 1.25. The summed E-state index contributed by atoms with van der Waals surface area (Å²) < 4.78 is 0. The molecule has 2 rings (SSSR count). The highest BCUT2D eigenvalue weighted by Gasteiger charge is 2.27. The van der Waals surface area contributed by atoms with Crippen molar-refractivity contribution in [1.29, 1.82) is 0 Å². The van der Waals surface area contributed by atoms with Gasteiger partial charge in [0.15, 0.2) is 0 Å². The van der Waals surface area contributed by atoms with Crippen LogP contribution in [-0.4, -0.2) is 80.1 Å². The normalized spacial score (nSPS) is 27.1. The van der Waals surface area contributed by atoms with Gasteiger partial charge in [-0.05, 0) is 13.0 Å². The van der Waals surface area contributed by atoms with Crippen LogP contribution in [0.25, 0.3) is 0 Å². The molecule has 2 saturated heterocycles. The molecule has 2 heterocycles. The van der Waals surface area contributed by atoms with Crippen LogP contribution in [0.5, 0.6) is 0 Å². The highest BCUT2D eigenvalue weighted by molar-refractivity contribution is 5.73. The second-order valence-corrected chi connectivity index (χ2v) is 4.85. The first-order chi connectivity index (χ1) is 7.68. The summed E-state index contributed by atoms with van der Waals surface area (Å²) in [4.78, 5) is 17.9. The molecule has 5 nitrogen and oxygen atoms in total. The number of rotatable bonds is 1. The Balaban J connectivity index is 1.80. The number of hydrogen-bond donors (Lipinski definition) is 1. The molecule has 92 valence electrons. The lowest BCUT2D eigenvalue weighted by atomic mass is 10.2. The minimum absolute atomic E-state index is 0.143. The predicted octanol–water partition coefficient (Wildman–Crippen LogP) is -0.352. The Morgan fingerprint density at radius 3 is 2.44 bits per heavy atom. The lowest BCUT2D eigenvalue weighted by molar-refractivity contribution is 0.103. The molecule has 2 amide bonds. The predicted molar refractivity (Wildman–Crippen MR) is 63.5 cm³/mol. The summed E-state index contributed by atoms with van der Waals surface area (Å²) in [5.41, 5.74) is 0. The van der Waals surface area contributed by atoms with Crippen molar-refractivity contribution in [2.75, 3.05) is 53.4 Å². The van der Waals surface area contributed by atoms with Gasteiger partial charge in [-0.25, -0.2) is 4.79 Å². The number of urea groups is 1. The summed E-state index contributed by atoms with van der Waals surface area (Å²) in [5, 5.41) is 3.39. The van der Waals surface area contributed by atoms with Crippen molar-refractivity contribution in [2.24, 2.45) is 0 Å². The van der Waals surface area contributed by atoms with Gasteiger partial charge in [0, 0.05) is 52.9 Å². The molecule has 0 aromatic heterocycles. The van der Waals surface area contributed by atoms with E-state index < -0.39 is 0 Å². The minimum atomic E-state index is 0.143. The van der Waals surface area contributed by atoms with Gasteiger partial charge < -0.3 is 15.1 Å². The first kappa shape index (κ1) is 11.7. The summed E-state index contributed by atoms with van der Waals surface area (Å²) in [6, 6.07) is 0.834. The molecule has 0 aromatic rings. The van der Waals surface area contributed by atoms with Crippen LogP contribution in [0.2, 0.25) is 0 Å². The average molecular weight is 226 g/mol. The van der Waals surface area contributed by atoms with E-state index in [2.05, 4.69) is 10.2 Å². The van der Waals surface area contributed by atoms with E-state index in [1.165, 1.54) is 6.42 Å². The van der Waals surface area contributed by atoms with Gasteiger partial charge in [0.05, 0.1) is 0 Å². The fraction of sp³-hybridized carbons (Fsp3) is 0.909. The van der Waals surface area contributed by atoms with Gasteiger partial charge in [0.1, 0.15) is 0 Å². The van der Waals surface area contributed by atoms with Crippen LogP contribution in [0.1, 0.15) is 6.42 Å². The molecule has 2 aliphatic heterocycles.